The van der Waals surface area contributed by atoms with Gasteiger partial charge in [-0.15, -0.1) is 0 Å². The number of nitrogens with zero attached hydrogens (tertiary/aromatic N) is 1. The summed E-state index contributed by atoms with van der Waals surface area (Å²) in [5.74, 6) is 0. The average molecular weight is 306 g/mol. The summed E-state index contributed by atoms with van der Waals surface area (Å²) in [4.78, 5) is -0.0359. The first-order valence-electron chi connectivity index (χ1n) is 5.77. The molecule has 0 aromatic heterocycles. The molecule has 0 saturated carbocycles. The molecule has 1 rings (SSSR count). The number of rotatable bonds is 6. The first kappa shape index (κ1) is 16.5. The van der Waals surface area contributed by atoms with Crippen molar-refractivity contribution >= 4 is 10.0 Å². The molecule has 20 heavy (non-hydrogen) atoms. The second-order valence-corrected chi connectivity index (χ2v) is 5.86. The van der Waals surface area contributed by atoms with Gasteiger partial charge in [-0.1, -0.05) is 12.1 Å². The SMILES string of the molecule is N#CCc1ccc(S(=O)(=O)NCCCC(F)(F)F)cc1. The lowest BCUT2D eigenvalue weighted by Gasteiger charge is -2.08. The molecule has 0 saturated heterocycles. The fourth-order valence-electron chi connectivity index (χ4n) is 1.46. The number of sulfonamides is 1. The van der Waals surface area contributed by atoms with Gasteiger partial charge in [-0.2, -0.15) is 18.4 Å². The zero-order valence-electron chi connectivity index (χ0n) is 10.4. The van der Waals surface area contributed by atoms with Crippen LogP contribution in [-0.2, 0) is 16.4 Å². The minimum absolute atomic E-state index is 0.0359. The van der Waals surface area contributed by atoms with Gasteiger partial charge in [0.25, 0.3) is 0 Å². The standard InChI is InChI=1S/C12H13F3N2O2S/c13-12(14,15)7-1-9-17-20(18,19)11-4-2-10(3-5-11)6-8-16/h2-5,17H,1,6-7,9H2. The van der Waals surface area contributed by atoms with E-state index in [0.717, 1.165) is 0 Å². The van der Waals surface area contributed by atoms with E-state index in [1.807, 2.05) is 6.07 Å². The molecule has 0 amide bonds. The molecular weight excluding hydrogens is 293 g/mol. The first-order valence-corrected chi connectivity index (χ1v) is 7.25. The van der Waals surface area contributed by atoms with E-state index in [4.69, 9.17) is 5.26 Å². The Kier molecular flexibility index (Phi) is 5.53. The second kappa shape index (κ2) is 6.72. The lowest BCUT2D eigenvalue weighted by Crippen LogP contribution is -2.25. The van der Waals surface area contributed by atoms with Crippen LogP contribution in [0.4, 0.5) is 13.2 Å². The van der Waals surface area contributed by atoms with Gasteiger partial charge in [0.15, 0.2) is 0 Å². The minimum Gasteiger partial charge on any atom is -0.211 e. The van der Waals surface area contributed by atoms with Crippen LogP contribution in [0.15, 0.2) is 29.2 Å². The van der Waals surface area contributed by atoms with Crippen molar-refractivity contribution in [3.8, 4) is 6.07 Å². The van der Waals surface area contributed by atoms with Crippen molar-refractivity contribution in [3.63, 3.8) is 0 Å². The van der Waals surface area contributed by atoms with Crippen LogP contribution in [0.5, 0.6) is 0 Å². The molecule has 0 bridgehead atoms. The summed E-state index contributed by atoms with van der Waals surface area (Å²) in [6.07, 6.45) is -5.46. The number of hydrogen-bond acceptors (Lipinski definition) is 3. The van der Waals surface area contributed by atoms with Gasteiger partial charge in [-0.05, 0) is 24.1 Å². The fourth-order valence-corrected chi connectivity index (χ4v) is 2.53. The molecule has 8 heteroatoms. The van der Waals surface area contributed by atoms with Crippen LogP contribution >= 0.6 is 0 Å². The average Bonchev–Trinajstić information content (AvgIpc) is 2.35. The van der Waals surface area contributed by atoms with E-state index in [1.165, 1.54) is 24.3 Å². The van der Waals surface area contributed by atoms with Crippen LogP contribution in [0.2, 0.25) is 0 Å². The normalized spacial score (nSPS) is 12.1. The van der Waals surface area contributed by atoms with E-state index >= 15 is 0 Å². The predicted molar refractivity (Wildman–Crippen MR) is 66.2 cm³/mol. The molecule has 0 aliphatic heterocycles. The molecule has 0 aliphatic carbocycles. The molecule has 1 aromatic rings. The number of nitrogens with one attached hydrogen (secondary N) is 1. The Morgan fingerprint density at radius 2 is 1.80 bits per heavy atom. The monoisotopic (exact) mass is 306 g/mol. The van der Waals surface area contributed by atoms with Crippen LogP contribution in [0.1, 0.15) is 18.4 Å². The van der Waals surface area contributed by atoms with Crippen LogP contribution < -0.4 is 4.72 Å². The molecule has 110 valence electrons. The van der Waals surface area contributed by atoms with E-state index < -0.39 is 22.6 Å². The summed E-state index contributed by atoms with van der Waals surface area (Å²) in [6.45, 7) is -0.276. The minimum atomic E-state index is -4.29. The highest BCUT2D eigenvalue weighted by atomic mass is 32.2. The molecule has 0 spiro atoms. The van der Waals surface area contributed by atoms with E-state index in [-0.39, 0.29) is 24.3 Å². The van der Waals surface area contributed by atoms with Gasteiger partial charge in [-0.25, -0.2) is 13.1 Å². The Morgan fingerprint density at radius 1 is 1.20 bits per heavy atom. The van der Waals surface area contributed by atoms with Gasteiger partial charge in [0, 0.05) is 13.0 Å². The smallest absolute Gasteiger partial charge is 0.211 e. The topological polar surface area (TPSA) is 70.0 Å². The molecule has 0 fully saturated rings. The number of nitriles is 1. The van der Waals surface area contributed by atoms with Gasteiger partial charge in [0.2, 0.25) is 10.0 Å². The van der Waals surface area contributed by atoms with Crippen molar-refractivity contribution in [1.29, 1.82) is 5.26 Å². The van der Waals surface area contributed by atoms with Crippen molar-refractivity contribution in [3.05, 3.63) is 29.8 Å². The Morgan fingerprint density at radius 3 is 2.30 bits per heavy atom. The van der Waals surface area contributed by atoms with E-state index in [2.05, 4.69) is 4.72 Å². The van der Waals surface area contributed by atoms with Gasteiger partial charge >= 0.3 is 6.18 Å². The summed E-state index contributed by atoms with van der Waals surface area (Å²) < 4.78 is 61.4. The van der Waals surface area contributed by atoms with E-state index in [0.29, 0.717) is 5.56 Å². The summed E-state index contributed by atoms with van der Waals surface area (Å²) >= 11 is 0. The van der Waals surface area contributed by atoms with Crippen LogP contribution in [0.3, 0.4) is 0 Å². The predicted octanol–water partition coefficient (Wildman–Crippen LogP) is 2.37. The summed E-state index contributed by atoms with van der Waals surface area (Å²) in [6, 6.07) is 7.55. The molecule has 1 aromatic carbocycles. The van der Waals surface area contributed by atoms with Crippen molar-refractivity contribution in [2.24, 2.45) is 0 Å². The van der Waals surface area contributed by atoms with Crippen LogP contribution in [0, 0.1) is 11.3 Å². The maximum absolute atomic E-state index is 11.9. The molecule has 0 aliphatic rings. The summed E-state index contributed by atoms with van der Waals surface area (Å²) in [7, 11) is -3.81. The first-order chi connectivity index (χ1) is 9.24. The number of benzene rings is 1. The molecule has 0 unspecified atom stereocenters. The maximum atomic E-state index is 11.9. The van der Waals surface area contributed by atoms with Gasteiger partial charge < -0.3 is 0 Å². The van der Waals surface area contributed by atoms with Gasteiger partial charge in [-0.3, -0.25) is 0 Å². The zero-order valence-corrected chi connectivity index (χ0v) is 11.3. The fraction of sp³-hybridized carbons (Fsp3) is 0.417. The molecule has 0 radical (unpaired) electrons. The number of alkyl halides is 3. The highest BCUT2D eigenvalue weighted by molar-refractivity contribution is 7.89. The van der Waals surface area contributed by atoms with Crippen molar-refractivity contribution < 1.29 is 21.6 Å². The second-order valence-electron chi connectivity index (χ2n) is 4.10. The molecule has 0 atom stereocenters. The van der Waals surface area contributed by atoms with E-state index in [1.54, 1.807) is 0 Å². The molecule has 0 heterocycles. The largest absolute Gasteiger partial charge is 0.389 e. The highest BCUT2D eigenvalue weighted by Gasteiger charge is 2.26. The summed E-state index contributed by atoms with van der Waals surface area (Å²) in [5.41, 5.74) is 0.670. The number of halogens is 3. The third-order valence-corrected chi connectivity index (χ3v) is 3.92. The van der Waals surface area contributed by atoms with Gasteiger partial charge in [0.05, 0.1) is 17.4 Å². The third-order valence-electron chi connectivity index (χ3n) is 2.45. The Balaban J connectivity index is 2.58. The summed E-state index contributed by atoms with van der Waals surface area (Å²) in [5, 5.41) is 8.49. The molecule has 1 N–H and O–H groups in total. The van der Waals surface area contributed by atoms with E-state index in [9.17, 15) is 21.6 Å². The van der Waals surface area contributed by atoms with Crippen molar-refractivity contribution in [2.45, 2.75) is 30.3 Å². The maximum Gasteiger partial charge on any atom is 0.389 e. The highest BCUT2D eigenvalue weighted by Crippen LogP contribution is 2.21. The molecular formula is C12H13F3N2O2S. The number of hydrogen-bond donors (Lipinski definition) is 1. The lowest BCUT2D eigenvalue weighted by atomic mass is 10.2. The quantitative estimate of drug-likeness (QED) is 0.820. The van der Waals surface area contributed by atoms with Gasteiger partial charge in [0.1, 0.15) is 0 Å². The zero-order chi connectivity index (χ0) is 15.2. The molecule has 4 nitrogen and oxygen atoms in total. The van der Waals surface area contributed by atoms with Crippen LogP contribution in [0.25, 0.3) is 0 Å². The van der Waals surface area contributed by atoms with Crippen molar-refractivity contribution in [2.75, 3.05) is 6.54 Å². The Labute approximate surface area is 115 Å². The Hall–Kier alpha value is -1.59. The lowest BCUT2D eigenvalue weighted by molar-refractivity contribution is -0.135. The third kappa shape index (κ3) is 5.59. The van der Waals surface area contributed by atoms with Crippen molar-refractivity contribution in [1.82, 2.24) is 4.72 Å². The van der Waals surface area contributed by atoms with Crippen LogP contribution in [-0.4, -0.2) is 21.1 Å². The Bertz CT molecular complexity index is 574.